The van der Waals surface area contributed by atoms with E-state index in [1.165, 1.54) is 0 Å². The minimum Gasteiger partial charge on any atom is -0.395 e. The number of pyridine rings is 1. The molecule has 0 aliphatic heterocycles. The lowest BCUT2D eigenvalue weighted by atomic mass is 10.1. The number of benzene rings is 1. The first kappa shape index (κ1) is 15.6. The lowest BCUT2D eigenvalue weighted by molar-refractivity contribution is 0.256. The number of rotatable bonds is 6. The minimum absolute atomic E-state index is 0.269. The molecule has 1 atom stereocenters. The van der Waals surface area contributed by atoms with Gasteiger partial charge in [-0.2, -0.15) is 0 Å². The van der Waals surface area contributed by atoms with Crippen molar-refractivity contribution in [3.8, 4) is 0 Å². The summed E-state index contributed by atoms with van der Waals surface area (Å²) in [5, 5.41) is 9.34. The number of aliphatic hydroxyl groups is 1. The Labute approximate surface area is 122 Å². The number of nitrogens with one attached hydrogen (secondary N) is 1. The molecule has 0 unspecified atom stereocenters. The van der Waals surface area contributed by atoms with Gasteiger partial charge in [0.05, 0.1) is 12.8 Å². The number of halogens is 1. The van der Waals surface area contributed by atoms with E-state index in [2.05, 4.69) is 9.71 Å². The highest BCUT2D eigenvalue weighted by atomic mass is 32.2. The van der Waals surface area contributed by atoms with E-state index >= 15 is 0 Å². The first-order chi connectivity index (χ1) is 10.0. The molecule has 112 valence electrons. The second-order valence-electron chi connectivity index (χ2n) is 4.53. The van der Waals surface area contributed by atoms with E-state index in [-0.39, 0.29) is 11.5 Å². The Hall–Kier alpha value is -1.83. The van der Waals surface area contributed by atoms with Crippen LogP contribution in [-0.4, -0.2) is 31.2 Å². The molecule has 1 aromatic carbocycles. The smallest absolute Gasteiger partial charge is 0.242 e. The zero-order valence-electron chi connectivity index (χ0n) is 11.1. The maximum absolute atomic E-state index is 13.1. The second kappa shape index (κ2) is 6.75. The van der Waals surface area contributed by atoms with E-state index in [9.17, 15) is 17.9 Å². The summed E-state index contributed by atoms with van der Waals surface area (Å²) in [4.78, 5) is 3.24. The maximum Gasteiger partial charge on any atom is 0.242 e. The van der Waals surface area contributed by atoms with Crippen LogP contribution in [0.1, 0.15) is 5.56 Å². The monoisotopic (exact) mass is 310 g/mol. The van der Waals surface area contributed by atoms with Crippen molar-refractivity contribution in [1.29, 1.82) is 0 Å². The van der Waals surface area contributed by atoms with E-state index in [1.54, 1.807) is 0 Å². The van der Waals surface area contributed by atoms with Gasteiger partial charge < -0.3 is 5.11 Å². The number of nitrogens with zero attached hydrogens (tertiary/aromatic N) is 1. The van der Waals surface area contributed by atoms with Gasteiger partial charge in [-0.15, -0.1) is 0 Å². The Morgan fingerprint density at radius 2 is 1.95 bits per heavy atom. The van der Waals surface area contributed by atoms with Crippen LogP contribution in [0.2, 0.25) is 0 Å². The Balaban J connectivity index is 2.14. The van der Waals surface area contributed by atoms with Crippen LogP contribution in [0.3, 0.4) is 0 Å². The zero-order chi connectivity index (χ0) is 15.3. The highest BCUT2D eigenvalue weighted by Crippen LogP contribution is 2.11. The van der Waals surface area contributed by atoms with Gasteiger partial charge >= 0.3 is 0 Å². The van der Waals surface area contributed by atoms with E-state index in [4.69, 9.17) is 0 Å². The molecule has 0 aliphatic carbocycles. The summed E-state index contributed by atoms with van der Waals surface area (Å²) < 4.78 is 39.6. The van der Waals surface area contributed by atoms with Gasteiger partial charge in [0.1, 0.15) is 10.7 Å². The topological polar surface area (TPSA) is 79.3 Å². The van der Waals surface area contributed by atoms with Crippen molar-refractivity contribution in [3.05, 3.63) is 60.2 Å². The van der Waals surface area contributed by atoms with Crippen LogP contribution < -0.4 is 4.72 Å². The fourth-order valence-electron chi connectivity index (χ4n) is 1.87. The molecule has 0 spiro atoms. The molecule has 0 aliphatic rings. The van der Waals surface area contributed by atoms with Crippen molar-refractivity contribution in [2.24, 2.45) is 0 Å². The summed E-state index contributed by atoms with van der Waals surface area (Å²) in [6.45, 7) is -0.364. The third-order valence-corrected chi connectivity index (χ3v) is 4.34. The van der Waals surface area contributed by atoms with Crippen molar-refractivity contribution in [2.45, 2.75) is 17.4 Å². The van der Waals surface area contributed by atoms with Crippen molar-refractivity contribution in [3.63, 3.8) is 0 Å². The molecule has 2 aromatic rings. The van der Waals surface area contributed by atoms with Crippen LogP contribution in [0.5, 0.6) is 0 Å². The Morgan fingerprint density at radius 3 is 2.57 bits per heavy atom. The molecule has 0 bridgehead atoms. The van der Waals surface area contributed by atoms with Gasteiger partial charge in [-0.25, -0.2) is 17.5 Å². The van der Waals surface area contributed by atoms with Crippen LogP contribution in [0.4, 0.5) is 4.39 Å². The Morgan fingerprint density at radius 1 is 1.24 bits per heavy atom. The fourth-order valence-corrected chi connectivity index (χ4v) is 3.07. The predicted molar refractivity (Wildman–Crippen MR) is 75.5 cm³/mol. The van der Waals surface area contributed by atoms with Gasteiger partial charge in [-0.3, -0.25) is 4.98 Å². The summed E-state index contributed by atoms with van der Waals surface area (Å²) in [6.07, 6.45) is 2.31. The summed E-state index contributed by atoms with van der Waals surface area (Å²) in [5.41, 5.74) is 0.886. The second-order valence-corrected chi connectivity index (χ2v) is 6.24. The highest BCUT2D eigenvalue weighted by molar-refractivity contribution is 7.89. The maximum atomic E-state index is 13.1. The van der Waals surface area contributed by atoms with Gasteiger partial charge in [0.15, 0.2) is 0 Å². The molecule has 2 rings (SSSR count). The molecule has 0 saturated heterocycles. The zero-order valence-corrected chi connectivity index (χ0v) is 11.9. The van der Waals surface area contributed by atoms with Gasteiger partial charge in [-0.1, -0.05) is 30.3 Å². The average molecular weight is 310 g/mol. The molecular weight excluding hydrogens is 295 g/mol. The minimum atomic E-state index is -3.93. The van der Waals surface area contributed by atoms with E-state index in [0.29, 0.717) is 6.42 Å². The average Bonchev–Trinajstić information content (AvgIpc) is 2.47. The van der Waals surface area contributed by atoms with Gasteiger partial charge in [-0.05, 0) is 18.1 Å². The number of hydrogen-bond donors (Lipinski definition) is 2. The number of aliphatic hydroxyl groups excluding tert-OH is 1. The lowest BCUT2D eigenvalue weighted by Gasteiger charge is -2.16. The van der Waals surface area contributed by atoms with Crippen LogP contribution in [0, 0.1) is 5.82 Å². The molecule has 5 nitrogen and oxygen atoms in total. The molecule has 0 amide bonds. The summed E-state index contributed by atoms with van der Waals surface area (Å²) in [5.74, 6) is -0.735. The summed E-state index contributed by atoms with van der Waals surface area (Å²) in [7, 11) is -3.93. The first-order valence-electron chi connectivity index (χ1n) is 6.29. The van der Waals surface area contributed by atoms with E-state index in [0.717, 1.165) is 24.0 Å². The third-order valence-electron chi connectivity index (χ3n) is 2.86. The number of hydrogen-bond acceptors (Lipinski definition) is 4. The standard InChI is InChI=1S/C14H15FN2O3S/c15-12-7-14(9-16-8-12)21(19,20)17-13(10-18)6-11-4-2-1-3-5-11/h1-5,7-9,13,17-18H,6,10H2/t13-/m1/s1. The Bertz CT molecular complexity index is 692. The molecule has 0 radical (unpaired) electrons. The normalized spacial score (nSPS) is 13.0. The van der Waals surface area contributed by atoms with Crippen molar-refractivity contribution >= 4 is 10.0 Å². The number of aromatic nitrogens is 1. The van der Waals surface area contributed by atoms with E-state index < -0.39 is 21.9 Å². The van der Waals surface area contributed by atoms with Gasteiger partial charge in [0.25, 0.3) is 0 Å². The molecule has 0 fully saturated rings. The van der Waals surface area contributed by atoms with Gasteiger partial charge in [0.2, 0.25) is 10.0 Å². The molecule has 1 heterocycles. The van der Waals surface area contributed by atoms with Crippen LogP contribution >= 0.6 is 0 Å². The highest BCUT2D eigenvalue weighted by Gasteiger charge is 2.20. The molecule has 1 aromatic heterocycles. The number of sulfonamides is 1. The van der Waals surface area contributed by atoms with E-state index in [1.807, 2.05) is 30.3 Å². The van der Waals surface area contributed by atoms with Gasteiger partial charge in [0, 0.05) is 12.2 Å². The molecule has 2 N–H and O–H groups in total. The quantitative estimate of drug-likeness (QED) is 0.837. The van der Waals surface area contributed by atoms with Crippen LogP contribution in [0.25, 0.3) is 0 Å². The van der Waals surface area contributed by atoms with Crippen LogP contribution in [0.15, 0.2) is 53.7 Å². The van der Waals surface area contributed by atoms with Crippen molar-refractivity contribution in [2.75, 3.05) is 6.61 Å². The third kappa shape index (κ3) is 4.32. The fraction of sp³-hybridized carbons (Fsp3) is 0.214. The molecule has 0 saturated carbocycles. The molecular formula is C14H15FN2O3S. The Kier molecular flexibility index (Phi) is 5.00. The largest absolute Gasteiger partial charge is 0.395 e. The van der Waals surface area contributed by atoms with Crippen LogP contribution in [-0.2, 0) is 16.4 Å². The molecule has 7 heteroatoms. The SMILES string of the molecule is O=S(=O)(N[C@@H](CO)Cc1ccccc1)c1cncc(F)c1. The molecule has 21 heavy (non-hydrogen) atoms. The summed E-state index contributed by atoms with van der Waals surface area (Å²) in [6, 6.07) is 9.36. The lowest BCUT2D eigenvalue weighted by Crippen LogP contribution is -2.39. The van der Waals surface area contributed by atoms with Crippen molar-refractivity contribution < 1.29 is 17.9 Å². The first-order valence-corrected chi connectivity index (χ1v) is 7.77. The van der Waals surface area contributed by atoms with Crippen molar-refractivity contribution in [1.82, 2.24) is 9.71 Å². The predicted octanol–water partition coefficient (Wildman–Crippen LogP) is 1.10. The summed E-state index contributed by atoms with van der Waals surface area (Å²) >= 11 is 0.